The number of aromatic nitrogens is 1. The van der Waals surface area contributed by atoms with E-state index in [0.717, 1.165) is 42.9 Å². The molecular formula is C30H36N6O. The number of amides is 1. The molecule has 0 radical (unpaired) electrons. The minimum atomic E-state index is 0.0661. The summed E-state index contributed by atoms with van der Waals surface area (Å²) in [6.07, 6.45) is 13.7. The third-order valence-corrected chi connectivity index (χ3v) is 6.17. The lowest BCUT2D eigenvalue weighted by Crippen LogP contribution is -2.50. The summed E-state index contributed by atoms with van der Waals surface area (Å²) in [4.78, 5) is 26.2. The molecule has 0 spiro atoms. The van der Waals surface area contributed by atoms with Crippen LogP contribution in [0.5, 0.6) is 0 Å². The van der Waals surface area contributed by atoms with Crippen LogP contribution in [-0.2, 0) is 0 Å². The number of nitrogens with zero attached hydrogens (tertiary/aromatic N) is 4. The molecule has 37 heavy (non-hydrogen) atoms. The molecule has 1 fully saturated rings. The van der Waals surface area contributed by atoms with Crippen molar-refractivity contribution in [1.29, 1.82) is 0 Å². The van der Waals surface area contributed by atoms with Crippen molar-refractivity contribution in [2.75, 3.05) is 26.2 Å². The number of benzene rings is 1. The maximum atomic E-state index is 13.0. The molecule has 3 rings (SSSR count). The van der Waals surface area contributed by atoms with E-state index in [2.05, 4.69) is 41.9 Å². The second-order valence-electron chi connectivity index (χ2n) is 8.99. The Labute approximate surface area is 219 Å². The zero-order valence-electron chi connectivity index (χ0n) is 21.7. The molecule has 1 saturated heterocycles. The minimum absolute atomic E-state index is 0.0661. The Kier molecular flexibility index (Phi) is 9.75. The van der Waals surface area contributed by atoms with Gasteiger partial charge in [0, 0.05) is 61.3 Å². The summed E-state index contributed by atoms with van der Waals surface area (Å²) in [5.41, 5.74) is 16.3. The number of nitrogens with two attached hydrogens (primary N) is 2. The molecule has 1 amide bonds. The highest BCUT2D eigenvalue weighted by Gasteiger charge is 2.23. The van der Waals surface area contributed by atoms with Gasteiger partial charge in [-0.2, -0.15) is 0 Å². The maximum Gasteiger partial charge on any atom is 0.253 e. The average molecular weight is 497 g/mol. The van der Waals surface area contributed by atoms with Gasteiger partial charge >= 0.3 is 0 Å². The number of hydrogen-bond acceptors (Lipinski definition) is 5. The average Bonchev–Trinajstić information content (AvgIpc) is 2.92. The molecule has 192 valence electrons. The normalized spacial score (nSPS) is 15.9. The second kappa shape index (κ2) is 13.2. The third-order valence-electron chi connectivity index (χ3n) is 6.17. The SMILES string of the molecule is C=C\C=C/C=C(N)/C(N)=N/C(=C\C=C)c1cncc(-c2ccc(C(=O)N3CCN(C(C)C)CC3)cc2)c1. The van der Waals surface area contributed by atoms with Crippen molar-refractivity contribution in [3.63, 3.8) is 0 Å². The number of aliphatic imine (C=N–C) groups is 1. The molecule has 7 nitrogen and oxygen atoms in total. The fourth-order valence-electron chi connectivity index (χ4n) is 3.99. The van der Waals surface area contributed by atoms with Crippen LogP contribution in [0.4, 0.5) is 0 Å². The summed E-state index contributed by atoms with van der Waals surface area (Å²) in [6.45, 7) is 15.1. The van der Waals surface area contributed by atoms with Gasteiger partial charge in [0.15, 0.2) is 0 Å². The summed E-state index contributed by atoms with van der Waals surface area (Å²) in [5.74, 6) is 0.251. The molecule has 4 N–H and O–H groups in total. The first kappa shape index (κ1) is 27.4. The number of carbonyl (C=O) groups is 1. The van der Waals surface area contributed by atoms with E-state index < -0.39 is 0 Å². The fraction of sp³-hybridized carbons (Fsp3) is 0.233. The molecular weight excluding hydrogens is 460 g/mol. The Balaban J connectivity index is 1.78. The van der Waals surface area contributed by atoms with Crippen LogP contribution in [0.2, 0.25) is 0 Å². The van der Waals surface area contributed by atoms with Crippen LogP contribution < -0.4 is 11.5 Å². The summed E-state index contributed by atoms with van der Waals surface area (Å²) in [5, 5.41) is 0. The van der Waals surface area contributed by atoms with Crippen LogP contribution in [0.15, 0.2) is 103 Å². The number of piperazine rings is 1. The van der Waals surface area contributed by atoms with Crippen LogP contribution in [0.25, 0.3) is 16.8 Å². The Morgan fingerprint density at radius 1 is 0.946 bits per heavy atom. The molecule has 1 aromatic carbocycles. The van der Waals surface area contributed by atoms with Gasteiger partial charge in [0.1, 0.15) is 5.84 Å². The molecule has 0 atom stereocenters. The second-order valence-corrected chi connectivity index (χ2v) is 8.99. The van der Waals surface area contributed by atoms with Gasteiger partial charge in [-0.15, -0.1) is 0 Å². The van der Waals surface area contributed by atoms with Gasteiger partial charge in [-0.1, -0.05) is 49.6 Å². The lowest BCUT2D eigenvalue weighted by atomic mass is 10.0. The summed E-state index contributed by atoms with van der Waals surface area (Å²) in [6, 6.07) is 10.1. The molecule has 1 aliphatic rings. The first-order valence-electron chi connectivity index (χ1n) is 12.3. The smallest absolute Gasteiger partial charge is 0.253 e. The molecule has 0 aliphatic carbocycles. The quantitative estimate of drug-likeness (QED) is 0.305. The Bertz CT molecular complexity index is 1230. The highest BCUT2D eigenvalue weighted by Crippen LogP contribution is 2.25. The molecule has 7 heteroatoms. The largest absolute Gasteiger partial charge is 0.396 e. The fourth-order valence-corrected chi connectivity index (χ4v) is 3.99. The van der Waals surface area contributed by atoms with Crippen molar-refractivity contribution in [3.8, 4) is 11.1 Å². The number of rotatable bonds is 9. The van der Waals surface area contributed by atoms with Gasteiger partial charge in [0.05, 0.1) is 11.4 Å². The zero-order valence-corrected chi connectivity index (χ0v) is 21.7. The third kappa shape index (κ3) is 7.38. The first-order valence-corrected chi connectivity index (χ1v) is 12.3. The maximum absolute atomic E-state index is 13.0. The van der Waals surface area contributed by atoms with Crippen LogP contribution >= 0.6 is 0 Å². The molecule has 0 saturated carbocycles. The molecule has 1 aliphatic heterocycles. The molecule has 1 aromatic heterocycles. The van der Waals surface area contributed by atoms with E-state index >= 15 is 0 Å². The Morgan fingerprint density at radius 2 is 1.65 bits per heavy atom. The van der Waals surface area contributed by atoms with Crippen LogP contribution in [0.1, 0.15) is 29.8 Å². The monoisotopic (exact) mass is 496 g/mol. The first-order chi connectivity index (χ1) is 17.8. The van der Waals surface area contributed by atoms with Gasteiger partial charge in [-0.3, -0.25) is 14.7 Å². The standard InChI is InChI=1S/C30H36N6O/c1-5-7-8-10-27(31)29(32)34-28(9-6-2)26-19-25(20-33-21-26)23-11-13-24(14-12-23)30(37)36-17-15-35(16-18-36)22(3)4/h5-14,19-22H,1-2,15-18,31H2,3-4H3,(H2,32,34)/b8-7-,27-10-,28-9-. The predicted molar refractivity (Wildman–Crippen MR) is 154 cm³/mol. The summed E-state index contributed by atoms with van der Waals surface area (Å²) in [7, 11) is 0. The summed E-state index contributed by atoms with van der Waals surface area (Å²) >= 11 is 0. The van der Waals surface area contributed by atoms with Gasteiger partial charge < -0.3 is 16.4 Å². The van der Waals surface area contributed by atoms with Crippen molar-refractivity contribution in [2.45, 2.75) is 19.9 Å². The van der Waals surface area contributed by atoms with E-state index in [4.69, 9.17) is 11.5 Å². The van der Waals surface area contributed by atoms with Gasteiger partial charge in [-0.05, 0) is 49.8 Å². The Hall–Kier alpha value is -4.23. The Morgan fingerprint density at radius 3 is 2.27 bits per heavy atom. The van der Waals surface area contributed by atoms with Crippen LogP contribution in [0, 0.1) is 0 Å². The number of hydrogen-bond donors (Lipinski definition) is 2. The van der Waals surface area contributed by atoms with E-state index in [1.165, 1.54) is 0 Å². The van der Waals surface area contributed by atoms with Gasteiger partial charge in [0.25, 0.3) is 5.91 Å². The van der Waals surface area contributed by atoms with E-state index in [1.54, 1.807) is 48.8 Å². The molecule has 2 heterocycles. The zero-order chi connectivity index (χ0) is 26.8. The lowest BCUT2D eigenvalue weighted by molar-refractivity contribution is 0.0595. The van der Waals surface area contributed by atoms with Crippen molar-refractivity contribution in [1.82, 2.24) is 14.8 Å². The van der Waals surface area contributed by atoms with E-state index in [-0.39, 0.29) is 11.7 Å². The van der Waals surface area contributed by atoms with Crippen molar-refractivity contribution >= 4 is 17.4 Å². The van der Waals surface area contributed by atoms with Crippen molar-refractivity contribution in [2.24, 2.45) is 16.5 Å². The van der Waals surface area contributed by atoms with Crippen molar-refractivity contribution < 1.29 is 4.79 Å². The van der Waals surface area contributed by atoms with E-state index in [1.807, 2.05) is 35.2 Å². The van der Waals surface area contributed by atoms with Gasteiger partial charge in [0.2, 0.25) is 0 Å². The topological polar surface area (TPSA) is 101 Å². The van der Waals surface area contributed by atoms with E-state index in [9.17, 15) is 4.79 Å². The van der Waals surface area contributed by atoms with E-state index in [0.29, 0.717) is 23.0 Å². The molecule has 2 aromatic rings. The van der Waals surface area contributed by atoms with Crippen molar-refractivity contribution in [3.05, 3.63) is 109 Å². The number of pyridine rings is 1. The molecule has 0 bridgehead atoms. The van der Waals surface area contributed by atoms with Crippen LogP contribution in [0.3, 0.4) is 0 Å². The molecule has 0 unspecified atom stereocenters. The lowest BCUT2D eigenvalue weighted by Gasteiger charge is -2.37. The number of carbonyl (C=O) groups excluding carboxylic acids is 1. The number of amidine groups is 1. The highest BCUT2D eigenvalue weighted by molar-refractivity contribution is 6.00. The van der Waals surface area contributed by atoms with Gasteiger partial charge in [-0.25, -0.2) is 4.99 Å². The minimum Gasteiger partial charge on any atom is -0.396 e. The highest BCUT2D eigenvalue weighted by atomic mass is 16.2. The van der Waals surface area contributed by atoms with Crippen LogP contribution in [-0.4, -0.2) is 58.7 Å². The summed E-state index contributed by atoms with van der Waals surface area (Å²) < 4.78 is 0. The number of allylic oxidation sites excluding steroid dienone is 6. The predicted octanol–water partition coefficient (Wildman–Crippen LogP) is 4.38.